The molecule has 0 aromatic carbocycles. The Morgan fingerprint density at radius 2 is 2.50 bits per heavy atom. The molecule has 2 rings (SSSR count). The van der Waals surface area contributed by atoms with Gasteiger partial charge in [-0.1, -0.05) is 13.0 Å². The molecule has 0 amide bonds. The van der Waals surface area contributed by atoms with Crippen LogP contribution in [0.25, 0.3) is 0 Å². The lowest BCUT2D eigenvalue weighted by atomic mass is 9.83. The van der Waals surface area contributed by atoms with Gasteiger partial charge in [0.1, 0.15) is 0 Å². The van der Waals surface area contributed by atoms with Gasteiger partial charge in [-0.2, -0.15) is 0 Å². The Bertz CT molecular complexity index is 281. The second-order valence-electron chi connectivity index (χ2n) is 4.79. The zero-order valence-electron chi connectivity index (χ0n) is 8.70. The van der Waals surface area contributed by atoms with Crippen molar-refractivity contribution >= 4 is 11.3 Å². The van der Waals surface area contributed by atoms with Gasteiger partial charge >= 0.3 is 0 Å². The molecule has 1 aromatic rings. The second kappa shape index (κ2) is 4.03. The normalized spacial score (nSPS) is 32.3. The molecule has 14 heavy (non-hydrogen) atoms. The number of hydrogen-bond donors (Lipinski definition) is 1. The van der Waals surface area contributed by atoms with Crippen LogP contribution in [0.15, 0.2) is 17.5 Å². The molecular weight excluding hydrogens is 192 g/mol. The van der Waals surface area contributed by atoms with Crippen molar-refractivity contribution in [1.29, 1.82) is 0 Å². The molecule has 1 aliphatic carbocycles. The van der Waals surface area contributed by atoms with Crippen molar-refractivity contribution in [1.82, 2.24) is 0 Å². The zero-order valence-corrected chi connectivity index (χ0v) is 9.52. The number of aliphatic hydroxyl groups excluding tert-OH is 1. The molecule has 0 aliphatic heterocycles. The highest BCUT2D eigenvalue weighted by molar-refractivity contribution is 7.09. The lowest BCUT2D eigenvalue weighted by molar-refractivity contribution is 0.161. The number of rotatable bonds is 3. The van der Waals surface area contributed by atoms with E-state index in [1.165, 1.54) is 24.1 Å². The van der Waals surface area contributed by atoms with Gasteiger partial charge in [-0.15, -0.1) is 11.3 Å². The highest BCUT2D eigenvalue weighted by atomic mass is 32.1. The van der Waals surface area contributed by atoms with Crippen LogP contribution in [0.5, 0.6) is 0 Å². The SMILES string of the molecule is CC1(CCc2cccs2)CCC(O)C1. The van der Waals surface area contributed by atoms with Crippen LogP contribution in [-0.2, 0) is 6.42 Å². The minimum absolute atomic E-state index is 0.0386. The van der Waals surface area contributed by atoms with E-state index in [0.717, 1.165) is 12.8 Å². The fraction of sp³-hybridized carbons (Fsp3) is 0.667. The van der Waals surface area contributed by atoms with Crippen LogP contribution in [0, 0.1) is 5.41 Å². The molecule has 2 atom stereocenters. The highest BCUT2D eigenvalue weighted by Crippen LogP contribution is 2.41. The summed E-state index contributed by atoms with van der Waals surface area (Å²) in [6, 6.07) is 4.32. The molecule has 1 aromatic heterocycles. The van der Waals surface area contributed by atoms with Crippen LogP contribution >= 0.6 is 11.3 Å². The van der Waals surface area contributed by atoms with Crippen LogP contribution in [0.4, 0.5) is 0 Å². The quantitative estimate of drug-likeness (QED) is 0.812. The van der Waals surface area contributed by atoms with Crippen molar-refractivity contribution in [2.75, 3.05) is 0 Å². The zero-order chi connectivity index (χ0) is 10.0. The van der Waals surface area contributed by atoms with Gasteiger partial charge in [0, 0.05) is 4.88 Å². The summed E-state index contributed by atoms with van der Waals surface area (Å²) >= 11 is 1.84. The van der Waals surface area contributed by atoms with Crippen LogP contribution in [0.2, 0.25) is 0 Å². The Morgan fingerprint density at radius 1 is 1.64 bits per heavy atom. The topological polar surface area (TPSA) is 20.2 Å². The Hall–Kier alpha value is -0.340. The lowest BCUT2D eigenvalue weighted by Crippen LogP contribution is -2.14. The van der Waals surface area contributed by atoms with Crippen LogP contribution in [-0.4, -0.2) is 11.2 Å². The maximum atomic E-state index is 9.52. The average Bonchev–Trinajstić information content (AvgIpc) is 2.73. The molecule has 0 radical (unpaired) electrons. The summed E-state index contributed by atoms with van der Waals surface area (Å²) in [5, 5.41) is 11.7. The summed E-state index contributed by atoms with van der Waals surface area (Å²) in [6.07, 6.45) is 5.56. The van der Waals surface area contributed by atoms with Gasteiger partial charge in [0.2, 0.25) is 0 Å². The monoisotopic (exact) mass is 210 g/mol. The molecule has 1 fully saturated rings. The molecule has 2 heteroatoms. The second-order valence-corrected chi connectivity index (χ2v) is 5.82. The molecule has 2 unspecified atom stereocenters. The molecule has 1 saturated carbocycles. The van der Waals surface area contributed by atoms with Crippen molar-refractivity contribution < 1.29 is 5.11 Å². The summed E-state index contributed by atoms with van der Waals surface area (Å²) in [6.45, 7) is 2.32. The van der Waals surface area contributed by atoms with E-state index >= 15 is 0 Å². The van der Waals surface area contributed by atoms with Crippen LogP contribution in [0.1, 0.15) is 37.5 Å². The van der Waals surface area contributed by atoms with E-state index in [1.807, 2.05) is 11.3 Å². The van der Waals surface area contributed by atoms with E-state index in [0.29, 0.717) is 5.41 Å². The van der Waals surface area contributed by atoms with Crippen molar-refractivity contribution in [2.24, 2.45) is 5.41 Å². The Balaban J connectivity index is 1.86. The third kappa shape index (κ3) is 2.37. The van der Waals surface area contributed by atoms with E-state index < -0.39 is 0 Å². The number of thiophene rings is 1. The Labute approximate surface area is 89.8 Å². The van der Waals surface area contributed by atoms with Crippen LogP contribution < -0.4 is 0 Å². The Morgan fingerprint density at radius 3 is 3.07 bits per heavy atom. The summed E-state index contributed by atoms with van der Waals surface area (Å²) in [5.41, 5.74) is 0.392. The van der Waals surface area contributed by atoms with E-state index in [9.17, 15) is 5.11 Å². The fourth-order valence-corrected chi connectivity index (χ4v) is 3.10. The molecule has 1 nitrogen and oxygen atoms in total. The third-order valence-electron chi connectivity index (χ3n) is 3.36. The van der Waals surface area contributed by atoms with E-state index in [4.69, 9.17) is 0 Å². The van der Waals surface area contributed by atoms with Gasteiger partial charge in [0.05, 0.1) is 6.10 Å². The van der Waals surface area contributed by atoms with Gasteiger partial charge < -0.3 is 5.11 Å². The minimum Gasteiger partial charge on any atom is -0.393 e. The highest BCUT2D eigenvalue weighted by Gasteiger charge is 2.33. The van der Waals surface area contributed by atoms with Crippen LogP contribution in [0.3, 0.4) is 0 Å². The predicted molar refractivity (Wildman–Crippen MR) is 60.6 cm³/mol. The van der Waals surface area contributed by atoms with Gasteiger partial charge in [-0.3, -0.25) is 0 Å². The summed E-state index contributed by atoms with van der Waals surface area (Å²) in [5.74, 6) is 0. The maximum absolute atomic E-state index is 9.52. The number of aryl methyl sites for hydroxylation is 1. The summed E-state index contributed by atoms with van der Waals surface area (Å²) in [4.78, 5) is 1.48. The molecular formula is C12H18OS. The maximum Gasteiger partial charge on any atom is 0.0545 e. The third-order valence-corrected chi connectivity index (χ3v) is 4.30. The first kappa shape index (κ1) is 10.2. The molecule has 1 N–H and O–H groups in total. The molecule has 78 valence electrons. The van der Waals surface area contributed by atoms with E-state index in [2.05, 4.69) is 24.4 Å². The first-order chi connectivity index (χ1) is 6.68. The van der Waals surface area contributed by atoms with Gasteiger partial charge in [-0.25, -0.2) is 0 Å². The molecule has 0 bridgehead atoms. The van der Waals surface area contributed by atoms with Crippen molar-refractivity contribution in [2.45, 2.75) is 45.1 Å². The molecule has 1 aliphatic rings. The van der Waals surface area contributed by atoms with E-state index in [1.54, 1.807) is 0 Å². The van der Waals surface area contributed by atoms with Crippen molar-refractivity contribution in [3.8, 4) is 0 Å². The predicted octanol–water partition coefficient (Wildman–Crippen LogP) is 3.23. The van der Waals surface area contributed by atoms with Gasteiger partial charge in [0.25, 0.3) is 0 Å². The van der Waals surface area contributed by atoms with Gasteiger partial charge in [-0.05, 0) is 49.0 Å². The first-order valence-corrected chi connectivity index (χ1v) is 6.26. The first-order valence-electron chi connectivity index (χ1n) is 5.38. The standard InChI is InChI=1S/C12H18OS/c1-12(6-4-10(13)9-12)7-5-11-3-2-8-14-11/h2-3,8,10,13H,4-7,9H2,1H3. The average molecular weight is 210 g/mol. The Kier molecular flexibility index (Phi) is 2.93. The molecule has 1 heterocycles. The molecule has 0 spiro atoms. The summed E-state index contributed by atoms with van der Waals surface area (Å²) in [7, 11) is 0. The van der Waals surface area contributed by atoms with Gasteiger partial charge in [0.15, 0.2) is 0 Å². The van der Waals surface area contributed by atoms with Crippen molar-refractivity contribution in [3.05, 3.63) is 22.4 Å². The van der Waals surface area contributed by atoms with E-state index in [-0.39, 0.29) is 6.10 Å². The number of hydrogen-bond acceptors (Lipinski definition) is 2. The molecule has 0 saturated heterocycles. The van der Waals surface area contributed by atoms with Crippen molar-refractivity contribution in [3.63, 3.8) is 0 Å². The number of aliphatic hydroxyl groups is 1. The summed E-state index contributed by atoms with van der Waals surface area (Å²) < 4.78 is 0. The minimum atomic E-state index is -0.0386. The lowest BCUT2D eigenvalue weighted by Gasteiger charge is -2.22. The fourth-order valence-electron chi connectivity index (χ4n) is 2.39. The largest absolute Gasteiger partial charge is 0.393 e. The smallest absolute Gasteiger partial charge is 0.0545 e.